The maximum Gasteiger partial charge on any atom is 0.284 e. The summed E-state index contributed by atoms with van der Waals surface area (Å²) in [6.07, 6.45) is 5.51. The molecule has 0 aliphatic carbocycles. The summed E-state index contributed by atoms with van der Waals surface area (Å²) in [5, 5.41) is 8.11. The van der Waals surface area contributed by atoms with E-state index in [4.69, 9.17) is 9.40 Å². The lowest BCUT2D eigenvalue weighted by Gasteiger charge is -2.17. The van der Waals surface area contributed by atoms with Gasteiger partial charge in [0.15, 0.2) is 11.0 Å². The molecule has 1 amide bonds. The first kappa shape index (κ1) is 20.6. The first-order chi connectivity index (χ1) is 15.7. The van der Waals surface area contributed by atoms with E-state index in [0.717, 1.165) is 48.8 Å². The van der Waals surface area contributed by atoms with Crippen molar-refractivity contribution in [1.82, 2.24) is 24.6 Å². The van der Waals surface area contributed by atoms with Crippen molar-refractivity contribution < 1.29 is 9.21 Å². The largest absolute Gasteiger partial charge is 0.467 e. The number of thioether (sulfide) groups is 1. The number of nitrogens with one attached hydrogen (secondary N) is 1. The third-order valence-electron chi connectivity index (χ3n) is 5.54. The second kappa shape index (κ2) is 9.04. The van der Waals surface area contributed by atoms with Crippen molar-refractivity contribution in [2.45, 2.75) is 43.9 Å². The molecule has 164 valence electrons. The van der Waals surface area contributed by atoms with Gasteiger partial charge in [0, 0.05) is 12.2 Å². The van der Waals surface area contributed by atoms with Crippen LogP contribution in [0.2, 0.25) is 0 Å². The molecular formula is C23H23N5O3S. The molecule has 0 fully saturated rings. The van der Waals surface area contributed by atoms with Crippen molar-refractivity contribution in [2.24, 2.45) is 0 Å². The molecule has 3 aliphatic rings. The molecule has 0 saturated carbocycles. The third kappa shape index (κ3) is 4.08. The van der Waals surface area contributed by atoms with E-state index in [1.165, 1.54) is 16.4 Å². The summed E-state index contributed by atoms with van der Waals surface area (Å²) >= 11 is 1.37. The van der Waals surface area contributed by atoms with Crippen LogP contribution in [0.15, 0.2) is 63.1 Å². The van der Waals surface area contributed by atoms with Crippen LogP contribution in [0, 0.1) is 0 Å². The van der Waals surface area contributed by atoms with Gasteiger partial charge in [-0.15, -0.1) is 5.10 Å². The maximum atomic E-state index is 13.3. The van der Waals surface area contributed by atoms with Gasteiger partial charge in [-0.1, -0.05) is 36.4 Å². The SMILES string of the molecule is O=C(CSc1nc2nn(-c3ccccc3)c(=O)c-2c2n1CCCCC2)NCc1ccco1. The van der Waals surface area contributed by atoms with E-state index in [9.17, 15) is 9.59 Å². The van der Waals surface area contributed by atoms with E-state index in [-0.39, 0.29) is 17.2 Å². The number of carbonyl (C=O) groups is 1. The smallest absolute Gasteiger partial charge is 0.284 e. The molecular weight excluding hydrogens is 426 g/mol. The minimum Gasteiger partial charge on any atom is -0.467 e. The standard InChI is InChI=1S/C23H23N5O3S/c29-19(24-14-17-10-7-13-31-17)15-32-23-25-21-20(18-11-5-2-6-12-27(18)23)22(30)28(26-21)16-8-3-1-4-9-16/h1,3-4,7-10,13H,2,5-6,11-12,14-15H2,(H,24,29). The number of benzene rings is 1. The number of para-hydroxylation sites is 1. The number of hydrogen-bond acceptors (Lipinski definition) is 6. The highest BCUT2D eigenvalue weighted by Gasteiger charge is 2.27. The Morgan fingerprint density at radius 1 is 1.12 bits per heavy atom. The van der Waals surface area contributed by atoms with Gasteiger partial charge < -0.3 is 14.3 Å². The Labute approximate surface area is 189 Å². The highest BCUT2D eigenvalue weighted by atomic mass is 32.2. The maximum absolute atomic E-state index is 13.3. The zero-order chi connectivity index (χ0) is 21.9. The summed E-state index contributed by atoms with van der Waals surface area (Å²) in [7, 11) is 0. The fourth-order valence-electron chi connectivity index (χ4n) is 3.99. The first-order valence-corrected chi connectivity index (χ1v) is 11.7. The van der Waals surface area contributed by atoms with E-state index in [1.807, 2.05) is 36.4 Å². The molecule has 0 unspecified atom stereocenters. The van der Waals surface area contributed by atoms with E-state index in [2.05, 4.69) is 15.0 Å². The van der Waals surface area contributed by atoms with Crippen molar-refractivity contribution in [2.75, 3.05) is 5.75 Å². The van der Waals surface area contributed by atoms with Crippen LogP contribution in [-0.2, 0) is 24.3 Å². The quantitative estimate of drug-likeness (QED) is 0.359. The molecule has 9 heteroatoms. The van der Waals surface area contributed by atoms with Gasteiger partial charge in [-0.25, -0.2) is 4.98 Å². The lowest BCUT2D eigenvalue weighted by atomic mass is 10.1. The number of furan rings is 1. The highest BCUT2D eigenvalue weighted by Crippen LogP contribution is 2.30. The van der Waals surface area contributed by atoms with Crippen LogP contribution in [0.4, 0.5) is 0 Å². The molecule has 1 aromatic carbocycles. The normalized spacial score (nSPS) is 13.6. The Bertz CT molecular complexity index is 1250. The van der Waals surface area contributed by atoms with Gasteiger partial charge >= 0.3 is 0 Å². The fraction of sp³-hybridized carbons (Fsp3) is 0.304. The minimum atomic E-state index is -0.142. The second-order valence-corrected chi connectivity index (χ2v) is 8.64. The van der Waals surface area contributed by atoms with Gasteiger partial charge in [-0.05, 0) is 43.5 Å². The third-order valence-corrected chi connectivity index (χ3v) is 6.52. The van der Waals surface area contributed by atoms with Gasteiger partial charge in [0.05, 0.1) is 24.2 Å². The summed E-state index contributed by atoms with van der Waals surface area (Å²) in [6, 6.07) is 13.0. The van der Waals surface area contributed by atoms with Gasteiger partial charge in [0.2, 0.25) is 5.91 Å². The van der Waals surface area contributed by atoms with Crippen LogP contribution in [0.25, 0.3) is 17.1 Å². The Morgan fingerprint density at radius 2 is 2.00 bits per heavy atom. The van der Waals surface area contributed by atoms with E-state index in [0.29, 0.717) is 23.7 Å². The number of nitrogens with zero attached hydrogens (tertiary/aromatic N) is 4. The van der Waals surface area contributed by atoms with Crippen LogP contribution in [0.1, 0.15) is 30.7 Å². The topological polar surface area (TPSA) is 95.0 Å². The van der Waals surface area contributed by atoms with Crippen molar-refractivity contribution in [3.05, 3.63) is 70.5 Å². The number of amides is 1. The predicted octanol–water partition coefficient (Wildman–Crippen LogP) is 3.26. The Morgan fingerprint density at radius 3 is 2.81 bits per heavy atom. The molecule has 4 heterocycles. The number of rotatable bonds is 6. The van der Waals surface area contributed by atoms with Crippen LogP contribution in [-0.4, -0.2) is 31.0 Å². The molecule has 1 N–H and O–H groups in total. The van der Waals surface area contributed by atoms with Gasteiger partial charge in [-0.2, -0.15) is 4.68 Å². The zero-order valence-electron chi connectivity index (χ0n) is 17.5. The van der Waals surface area contributed by atoms with E-state index in [1.54, 1.807) is 12.3 Å². The molecule has 0 saturated heterocycles. The molecule has 1 aromatic heterocycles. The number of hydrogen-bond donors (Lipinski definition) is 1. The molecule has 8 nitrogen and oxygen atoms in total. The average Bonchev–Trinajstić information content (AvgIpc) is 3.37. The first-order valence-electron chi connectivity index (χ1n) is 10.7. The molecule has 0 radical (unpaired) electrons. The summed E-state index contributed by atoms with van der Waals surface area (Å²) in [5.41, 5.74) is 2.13. The molecule has 0 bridgehead atoms. The number of fused-ring (bicyclic) bond motifs is 3. The van der Waals surface area contributed by atoms with E-state index < -0.39 is 0 Å². The van der Waals surface area contributed by atoms with Gasteiger partial charge in [0.25, 0.3) is 5.56 Å². The summed E-state index contributed by atoms with van der Waals surface area (Å²) in [4.78, 5) is 30.3. The number of aromatic nitrogens is 4. The van der Waals surface area contributed by atoms with Crippen molar-refractivity contribution in [3.63, 3.8) is 0 Å². The summed E-state index contributed by atoms with van der Waals surface area (Å²) in [6.45, 7) is 1.13. The summed E-state index contributed by atoms with van der Waals surface area (Å²) in [5.74, 6) is 1.27. The minimum absolute atomic E-state index is 0.101. The van der Waals surface area contributed by atoms with Crippen LogP contribution in [0.5, 0.6) is 0 Å². The van der Waals surface area contributed by atoms with E-state index >= 15 is 0 Å². The second-order valence-electron chi connectivity index (χ2n) is 7.70. The average molecular weight is 450 g/mol. The summed E-state index contributed by atoms with van der Waals surface area (Å²) < 4.78 is 8.79. The fourth-order valence-corrected chi connectivity index (χ4v) is 4.86. The highest BCUT2D eigenvalue weighted by molar-refractivity contribution is 7.99. The monoisotopic (exact) mass is 449 g/mol. The van der Waals surface area contributed by atoms with Crippen LogP contribution in [0.3, 0.4) is 0 Å². The van der Waals surface area contributed by atoms with Crippen molar-refractivity contribution >= 4 is 17.7 Å². The predicted molar refractivity (Wildman–Crippen MR) is 121 cm³/mol. The van der Waals surface area contributed by atoms with Crippen LogP contribution >= 0.6 is 11.8 Å². The Kier molecular flexibility index (Phi) is 5.81. The van der Waals surface area contributed by atoms with Crippen molar-refractivity contribution in [1.29, 1.82) is 0 Å². The van der Waals surface area contributed by atoms with Gasteiger partial charge in [0.1, 0.15) is 11.3 Å². The molecule has 0 atom stereocenters. The van der Waals surface area contributed by atoms with Crippen LogP contribution < -0.4 is 10.9 Å². The Balaban J connectivity index is 1.46. The Hall–Kier alpha value is -3.33. The molecule has 5 rings (SSSR count). The van der Waals surface area contributed by atoms with Gasteiger partial charge in [-0.3, -0.25) is 9.59 Å². The lowest BCUT2D eigenvalue weighted by Crippen LogP contribution is -2.25. The van der Waals surface area contributed by atoms with Crippen molar-refractivity contribution in [3.8, 4) is 17.1 Å². The number of carbonyl (C=O) groups excluding carboxylic acids is 1. The molecule has 2 aromatic rings. The zero-order valence-corrected chi connectivity index (χ0v) is 18.3. The molecule has 0 spiro atoms. The lowest BCUT2D eigenvalue weighted by molar-refractivity contribution is -0.118. The molecule has 32 heavy (non-hydrogen) atoms. The molecule has 3 aliphatic heterocycles.